The summed E-state index contributed by atoms with van der Waals surface area (Å²) >= 11 is 0. The summed E-state index contributed by atoms with van der Waals surface area (Å²) in [6, 6.07) is 13.0. The quantitative estimate of drug-likeness (QED) is 0.846. The summed E-state index contributed by atoms with van der Waals surface area (Å²) in [4.78, 5) is 12.2. The molecule has 6 nitrogen and oxygen atoms in total. The summed E-state index contributed by atoms with van der Waals surface area (Å²) in [7, 11) is -3.72. The topological polar surface area (TPSA) is 87.6 Å². The van der Waals surface area contributed by atoms with E-state index in [1.165, 1.54) is 0 Å². The van der Waals surface area contributed by atoms with Crippen molar-refractivity contribution in [2.24, 2.45) is 4.40 Å². The van der Waals surface area contributed by atoms with E-state index in [0.29, 0.717) is 12.2 Å². The van der Waals surface area contributed by atoms with Gasteiger partial charge >= 0.3 is 0 Å². The second-order valence-electron chi connectivity index (χ2n) is 6.40. The molecule has 0 radical (unpaired) electrons. The number of nitrogens with one attached hydrogen (secondary N) is 2. The number of benzene rings is 2. The van der Waals surface area contributed by atoms with Crippen LogP contribution in [-0.4, -0.2) is 20.2 Å². The molecule has 0 atom stereocenters. The number of carbonyl (C=O) groups is 1. The number of amides is 1. The number of aryl methyl sites for hydroxylation is 2. The van der Waals surface area contributed by atoms with Crippen molar-refractivity contribution >= 4 is 27.5 Å². The van der Waals surface area contributed by atoms with E-state index < -0.39 is 10.0 Å². The molecule has 7 heteroatoms. The third-order valence-electron chi connectivity index (χ3n) is 4.12. The number of hydrogen-bond donors (Lipinski definition) is 2. The average Bonchev–Trinajstić information content (AvgIpc) is 2.58. The fraction of sp³-hybridized carbons (Fsp3) is 0.263. The number of fused-ring (bicyclic) bond motifs is 1. The third-order valence-corrected chi connectivity index (χ3v) is 5.49. The van der Waals surface area contributed by atoms with Crippen LogP contribution in [0.15, 0.2) is 51.8 Å². The molecule has 1 aliphatic heterocycles. The molecule has 0 bridgehead atoms. The van der Waals surface area contributed by atoms with Crippen molar-refractivity contribution in [3.8, 4) is 0 Å². The second-order valence-corrected chi connectivity index (χ2v) is 7.97. The van der Waals surface area contributed by atoms with Crippen LogP contribution in [0.25, 0.3) is 0 Å². The molecule has 3 rings (SSSR count). The number of rotatable bonds is 5. The summed E-state index contributed by atoms with van der Waals surface area (Å²) in [6.07, 6.45) is 0.390. The van der Waals surface area contributed by atoms with Gasteiger partial charge in [-0.05, 0) is 37.1 Å². The summed E-state index contributed by atoms with van der Waals surface area (Å²) in [5.74, 6) is 0.135. The van der Waals surface area contributed by atoms with Gasteiger partial charge in [-0.3, -0.25) is 4.79 Å². The second kappa shape index (κ2) is 7.29. The van der Waals surface area contributed by atoms with Gasteiger partial charge in [-0.15, -0.1) is 4.40 Å². The standard InChI is InChI=1S/C19H21N3O3S/c1-13-3-6-15(7-4-13)12-20-19(23)10-9-18-21-16-11-14(2)5-8-17(16)26(24,25)22-18/h3-8,11H,9-10,12H2,1-2H3,(H,20,23)(H,21,22). The van der Waals surface area contributed by atoms with Crippen LogP contribution >= 0.6 is 0 Å². The SMILES string of the molecule is Cc1ccc(CNC(=O)CCC2=NS(=O)(=O)c3ccc(C)cc3N2)cc1. The van der Waals surface area contributed by atoms with E-state index in [1.54, 1.807) is 18.2 Å². The Balaban J connectivity index is 1.58. The van der Waals surface area contributed by atoms with E-state index in [4.69, 9.17) is 0 Å². The number of sulfonamides is 1. The monoisotopic (exact) mass is 371 g/mol. The molecular formula is C19H21N3O3S. The Morgan fingerprint density at radius 1 is 1.08 bits per heavy atom. The Hall–Kier alpha value is -2.67. The van der Waals surface area contributed by atoms with Crippen molar-refractivity contribution in [2.75, 3.05) is 5.32 Å². The van der Waals surface area contributed by atoms with E-state index in [2.05, 4.69) is 15.0 Å². The van der Waals surface area contributed by atoms with E-state index in [9.17, 15) is 13.2 Å². The molecule has 2 N–H and O–H groups in total. The molecule has 1 aliphatic rings. The summed E-state index contributed by atoms with van der Waals surface area (Å²) in [5.41, 5.74) is 3.64. The molecule has 0 spiro atoms. The van der Waals surface area contributed by atoms with Gasteiger partial charge in [0.1, 0.15) is 10.7 Å². The molecular weight excluding hydrogens is 350 g/mol. The number of hydrogen-bond acceptors (Lipinski definition) is 4. The zero-order valence-corrected chi connectivity index (χ0v) is 15.6. The summed E-state index contributed by atoms with van der Waals surface area (Å²) < 4.78 is 28.3. The maximum absolute atomic E-state index is 12.2. The number of carbonyl (C=O) groups excluding carboxylic acids is 1. The number of anilines is 1. The third kappa shape index (κ3) is 4.29. The van der Waals surface area contributed by atoms with Crippen LogP contribution in [0.4, 0.5) is 5.69 Å². The Labute approximate surface area is 153 Å². The van der Waals surface area contributed by atoms with Crippen LogP contribution in [0.3, 0.4) is 0 Å². The van der Waals surface area contributed by atoms with E-state index in [1.807, 2.05) is 38.1 Å². The smallest absolute Gasteiger partial charge is 0.286 e. The Morgan fingerprint density at radius 2 is 1.77 bits per heavy atom. The lowest BCUT2D eigenvalue weighted by Gasteiger charge is -2.18. The van der Waals surface area contributed by atoms with Gasteiger partial charge in [0.05, 0.1) is 5.69 Å². The number of amidine groups is 1. The highest BCUT2D eigenvalue weighted by Gasteiger charge is 2.24. The predicted octanol–water partition coefficient (Wildman–Crippen LogP) is 2.91. The average molecular weight is 371 g/mol. The Kier molecular flexibility index (Phi) is 5.08. The largest absolute Gasteiger partial charge is 0.352 e. The normalized spacial score (nSPS) is 14.8. The van der Waals surface area contributed by atoms with Crippen molar-refractivity contribution in [3.63, 3.8) is 0 Å². The van der Waals surface area contributed by atoms with Gasteiger partial charge < -0.3 is 10.6 Å². The van der Waals surface area contributed by atoms with E-state index in [0.717, 1.165) is 16.7 Å². The van der Waals surface area contributed by atoms with Crippen molar-refractivity contribution in [1.82, 2.24) is 5.32 Å². The molecule has 0 aromatic heterocycles. The van der Waals surface area contributed by atoms with Crippen LogP contribution < -0.4 is 10.6 Å². The Morgan fingerprint density at radius 3 is 2.50 bits per heavy atom. The van der Waals surface area contributed by atoms with Gasteiger partial charge in [0, 0.05) is 19.4 Å². The fourth-order valence-corrected chi connectivity index (χ4v) is 3.83. The zero-order chi connectivity index (χ0) is 18.7. The summed E-state index contributed by atoms with van der Waals surface area (Å²) in [5, 5.41) is 5.86. The molecule has 0 aliphatic carbocycles. The maximum Gasteiger partial charge on any atom is 0.286 e. The molecule has 1 amide bonds. The molecule has 0 saturated heterocycles. The molecule has 0 unspecified atom stereocenters. The highest BCUT2D eigenvalue weighted by molar-refractivity contribution is 7.90. The molecule has 2 aromatic carbocycles. The van der Waals surface area contributed by atoms with Crippen LogP contribution in [0, 0.1) is 13.8 Å². The van der Waals surface area contributed by atoms with Crippen molar-refractivity contribution in [2.45, 2.75) is 38.1 Å². The molecule has 1 heterocycles. The van der Waals surface area contributed by atoms with Gasteiger partial charge in [0.2, 0.25) is 5.91 Å². The first-order valence-electron chi connectivity index (χ1n) is 8.37. The van der Waals surface area contributed by atoms with Gasteiger partial charge in [0.25, 0.3) is 10.0 Å². The minimum atomic E-state index is -3.72. The Bertz CT molecular complexity index is 964. The number of nitrogens with zero attached hydrogens (tertiary/aromatic N) is 1. The minimum Gasteiger partial charge on any atom is -0.352 e. The van der Waals surface area contributed by atoms with Gasteiger partial charge in [0.15, 0.2) is 0 Å². The first-order chi connectivity index (χ1) is 12.3. The molecule has 26 heavy (non-hydrogen) atoms. The maximum atomic E-state index is 12.2. The van der Waals surface area contributed by atoms with Crippen LogP contribution in [-0.2, 0) is 21.4 Å². The lowest BCUT2D eigenvalue weighted by atomic mass is 10.1. The van der Waals surface area contributed by atoms with Crippen molar-refractivity contribution < 1.29 is 13.2 Å². The highest BCUT2D eigenvalue weighted by atomic mass is 32.2. The van der Waals surface area contributed by atoms with E-state index >= 15 is 0 Å². The van der Waals surface area contributed by atoms with Gasteiger partial charge in [-0.25, -0.2) is 0 Å². The lowest BCUT2D eigenvalue weighted by Crippen LogP contribution is -2.26. The summed E-state index contributed by atoms with van der Waals surface area (Å²) in [6.45, 7) is 4.34. The van der Waals surface area contributed by atoms with Crippen LogP contribution in [0.1, 0.15) is 29.5 Å². The van der Waals surface area contributed by atoms with Crippen molar-refractivity contribution in [3.05, 3.63) is 59.2 Å². The molecule has 2 aromatic rings. The highest BCUT2D eigenvalue weighted by Crippen LogP contribution is 2.28. The van der Waals surface area contributed by atoms with Crippen LogP contribution in [0.2, 0.25) is 0 Å². The molecule has 136 valence electrons. The molecule has 0 fully saturated rings. The van der Waals surface area contributed by atoms with Crippen molar-refractivity contribution in [1.29, 1.82) is 0 Å². The fourth-order valence-electron chi connectivity index (χ4n) is 2.67. The first-order valence-corrected chi connectivity index (χ1v) is 9.81. The first kappa shape index (κ1) is 18.1. The lowest BCUT2D eigenvalue weighted by molar-refractivity contribution is -0.121. The van der Waals surface area contributed by atoms with Gasteiger partial charge in [-0.2, -0.15) is 8.42 Å². The van der Waals surface area contributed by atoms with Crippen LogP contribution in [0.5, 0.6) is 0 Å². The molecule has 0 saturated carbocycles. The predicted molar refractivity (Wildman–Crippen MR) is 102 cm³/mol. The van der Waals surface area contributed by atoms with E-state index in [-0.39, 0.29) is 29.5 Å². The van der Waals surface area contributed by atoms with Gasteiger partial charge in [-0.1, -0.05) is 35.9 Å². The zero-order valence-electron chi connectivity index (χ0n) is 14.7. The minimum absolute atomic E-state index is 0.150.